The van der Waals surface area contributed by atoms with Gasteiger partial charge in [0.15, 0.2) is 5.65 Å². The molecule has 0 saturated carbocycles. The van der Waals surface area contributed by atoms with E-state index in [1.54, 1.807) is 6.07 Å². The van der Waals surface area contributed by atoms with E-state index in [-0.39, 0.29) is 5.65 Å². The number of anilines is 1. The maximum atomic E-state index is 12.9. The second-order valence-electron chi connectivity index (χ2n) is 5.76. The topological polar surface area (TPSA) is 49.6 Å². The third-order valence-corrected chi connectivity index (χ3v) is 4.41. The molecule has 0 amide bonds. The summed E-state index contributed by atoms with van der Waals surface area (Å²) in [5.74, 6) is -0.534. The molecule has 2 aromatic rings. The fourth-order valence-corrected chi connectivity index (χ4v) is 3.32. The van der Waals surface area contributed by atoms with E-state index >= 15 is 0 Å². The van der Waals surface area contributed by atoms with Crippen molar-refractivity contribution in [2.24, 2.45) is 0 Å². The van der Waals surface area contributed by atoms with Gasteiger partial charge in [-0.1, -0.05) is 0 Å². The van der Waals surface area contributed by atoms with Gasteiger partial charge in [0, 0.05) is 25.7 Å². The molecule has 2 aliphatic rings. The molecule has 0 N–H and O–H groups in total. The predicted molar refractivity (Wildman–Crippen MR) is 72.6 cm³/mol. The number of halogens is 3. The van der Waals surface area contributed by atoms with Crippen LogP contribution in [0, 0.1) is 0 Å². The third-order valence-electron chi connectivity index (χ3n) is 4.41. The van der Waals surface area contributed by atoms with Gasteiger partial charge < -0.3 is 4.90 Å². The SMILES string of the molecule is FC(F)(F)c1nnc2ccc(N3CCN4CCC[C@H]4C3)nn12. The number of piperazine rings is 1. The van der Waals surface area contributed by atoms with Crippen LogP contribution >= 0.6 is 0 Å². The summed E-state index contributed by atoms with van der Waals surface area (Å²) in [6.07, 6.45) is -2.23. The van der Waals surface area contributed by atoms with Crippen molar-refractivity contribution in [2.45, 2.75) is 25.1 Å². The van der Waals surface area contributed by atoms with Crippen LogP contribution in [0.3, 0.4) is 0 Å². The maximum absolute atomic E-state index is 12.9. The summed E-state index contributed by atoms with van der Waals surface area (Å²) in [6, 6.07) is 3.73. The van der Waals surface area contributed by atoms with Gasteiger partial charge in [-0.2, -0.15) is 17.7 Å². The molecular weight excluding hydrogens is 297 g/mol. The van der Waals surface area contributed by atoms with E-state index in [1.165, 1.54) is 12.5 Å². The summed E-state index contributed by atoms with van der Waals surface area (Å²) in [5, 5.41) is 10.9. The van der Waals surface area contributed by atoms with Gasteiger partial charge in [0.2, 0.25) is 0 Å². The van der Waals surface area contributed by atoms with Gasteiger partial charge in [-0.05, 0) is 31.5 Å². The largest absolute Gasteiger partial charge is 0.453 e. The second-order valence-corrected chi connectivity index (χ2v) is 5.76. The van der Waals surface area contributed by atoms with Crippen LogP contribution in [-0.2, 0) is 6.18 Å². The lowest BCUT2D eigenvalue weighted by molar-refractivity contribution is -0.146. The molecule has 22 heavy (non-hydrogen) atoms. The van der Waals surface area contributed by atoms with Crippen LogP contribution < -0.4 is 4.90 Å². The normalized spacial score (nSPS) is 23.2. The Morgan fingerprint density at radius 2 is 1.95 bits per heavy atom. The van der Waals surface area contributed by atoms with Gasteiger partial charge in [0.25, 0.3) is 5.82 Å². The fourth-order valence-electron chi connectivity index (χ4n) is 3.32. The molecule has 2 saturated heterocycles. The van der Waals surface area contributed by atoms with Crippen molar-refractivity contribution in [3.05, 3.63) is 18.0 Å². The van der Waals surface area contributed by atoms with Crippen molar-refractivity contribution in [3.8, 4) is 0 Å². The molecule has 2 fully saturated rings. The molecule has 6 nitrogen and oxygen atoms in total. The zero-order chi connectivity index (χ0) is 15.3. The molecule has 0 unspecified atom stereocenters. The summed E-state index contributed by atoms with van der Waals surface area (Å²) in [5.41, 5.74) is 0.107. The summed E-state index contributed by atoms with van der Waals surface area (Å²) < 4.78 is 39.5. The molecule has 0 aromatic carbocycles. The van der Waals surface area contributed by atoms with Gasteiger partial charge in [0.1, 0.15) is 5.82 Å². The molecule has 2 aliphatic heterocycles. The fraction of sp³-hybridized carbons (Fsp3) is 0.615. The Kier molecular flexibility index (Phi) is 3.00. The maximum Gasteiger partial charge on any atom is 0.453 e. The molecule has 9 heteroatoms. The molecule has 0 spiro atoms. The van der Waals surface area contributed by atoms with Crippen molar-refractivity contribution in [3.63, 3.8) is 0 Å². The van der Waals surface area contributed by atoms with Gasteiger partial charge in [0.05, 0.1) is 0 Å². The lowest BCUT2D eigenvalue weighted by atomic mass is 10.1. The van der Waals surface area contributed by atoms with Crippen LogP contribution in [-0.4, -0.2) is 56.9 Å². The van der Waals surface area contributed by atoms with Crippen LogP contribution in [0.2, 0.25) is 0 Å². The van der Waals surface area contributed by atoms with E-state index in [4.69, 9.17) is 0 Å². The zero-order valence-corrected chi connectivity index (χ0v) is 11.8. The molecular formula is C13H15F3N6. The highest BCUT2D eigenvalue weighted by atomic mass is 19.4. The van der Waals surface area contributed by atoms with Crippen molar-refractivity contribution in [1.29, 1.82) is 0 Å². The quantitative estimate of drug-likeness (QED) is 0.797. The first-order valence-corrected chi connectivity index (χ1v) is 7.31. The number of alkyl halides is 3. The monoisotopic (exact) mass is 312 g/mol. The van der Waals surface area contributed by atoms with E-state index < -0.39 is 12.0 Å². The standard InChI is InChI=1S/C13H15F3N6/c14-13(15,16)12-18-17-10-3-4-11(19-22(10)12)21-7-6-20-5-1-2-9(20)8-21/h3-4,9H,1-2,5-8H2/t9-/m0/s1. The van der Waals surface area contributed by atoms with E-state index in [1.807, 2.05) is 4.90 Å². The van der Waals surface area contributed by atoms with Gasteiger partial charge >= 0.3 is 6.18 Å². The van der Waals surface area contributed by atoms with Crippen molar-refractivity contribution in [1.82, 2.24) is 24.7 Å². The van der Waals surface area contributed by atoms with Crippen LogP contribution in [0.1, 0.15) is 18.7 Å². The minimum Gasteiger partial charge on any atom is -0.352 e. The van der Waals surface area contributed by atoms with Gasteiger partial charge in [-0.3, -0.25) is 4.90 Å². The molecule has 0 bridgehead atoms. The van der Waals surface area contributed by atoms with Gasteiger partial charge in [-0.25, -0.2) is 0 Å². The highest BCUT2D eigenvalue weighted by molar-refractivity contribution is 5.46. The molecule has 0 radical (unpaired) electrons. The number of rotatable bonds is 1. The Balaban J connectivity index is 1.67. The summed E-state index contributed by atoms with van der Waals surface area (Å²) in [6.45, 7) is 3.63. The van der Waals surface area contributed by atoms with Crippen molar-refractivity contribution >= 4 is 11.5 Å². The van der Waals surface area contributed by atoms with E-state index in [0.29, 0.717) is 11.9 Å². The Bertz CT molecular complexity index is 697. The summed E-state index contributed by atoms with van der Waals surface area (Å²) in [7, 11) is 0. The number of aromatic nitrogens is 4. The average Bonchev–Trinajstić information content (AvgIpc) is 3.11. The van der Waals surface area contributed by atoms with Gasteiger partial charge in [-0.15, -0.1) is 15.3 Å². The first kappa shape index (κ1) is 13.7. The van der Waals surface area contributed by atoms with Crippen LogP contribution in [0.4, 0.5) is 19.0 Å². The Hall–Kier alpha value is -1.90. The first-order chi connectivity index (χ1) is 10.5. The highest BCUT2D eigenvalue weighted by Gasteiger charge is 2.38. The molecule has 4 rings (SSSR count). The molecule has 118 valence electrons. The van der Waals surface area contributed by atoms with Crippen LogP contribution in [0.15, 0.2) is 12.1 Å². The lowest BCUT2D eigenvalue weighted by Crippen LogP contribution is -2.50. The van der Waals surface area contributed by atoms with Crippen molar-refractivity contribution < 1.29 is 13.2 Å². The number of hydrogen-bond acceptors (Lipinski definition) is 5. The van der Waals surface area contributed by atoms with Crippen molar-refractivity contribution in [2.75, 3.05) is 31.1 Å². The number of nitrogens with zero attached hydrogens (tertiary/aromatic N) is 6. The third kappa shape index (κ3) is 2.20. The molecule has 0 aliphatic carbocycles. The predicted octanol–water partition coefficient (Wildman–Crippen LogP) is 1.43. The zero-order valence-electron chi connectivity index (χ0n) is 11.8. The molecule has 1 atom stereocenters. The molecule has 2 aromatic heterocycles. The van der Waals surface area contributed by atoms with E-state index in [2.05, 4.69) is 20.2 Å². The summed E-state index contributed by atoms with van der Waals surface area (Å²) >= 11 is 0. The number of hydrogen-bond donors (Lipinski definition) is 0. The van der Waals surface area contributed by atoms with Crippen LogP contribution in [0.5, 0.6) is 0 Å². The lowest BCUT2D eigenvalue weighted by Gasteiger charge is -2.38. The highest BCUT2D eigenvalue weighted by Crippen LogP contribution is 2.29. The first-order valence-electron chi connectivity index (χ1n) is 7.31. The Morgan fingerprint density at radius 1 is 1.09 bits per heavy atom. The Morgan fingerprint density at radius 3 is 2.77 bits per heavy atom. The number of fused-ring (bicyclic) bond motifs is 2. The average molecular weight is 312 g/mol. The second kappa shape index (κ2) is 4.80. The summed E-state index contributed by atoms with van der Waals surface area (Å²) in [4.78, 5) is 4.49. The minimum atomic E-state index is -4.56. The van der Waals surface area contributed by atoms with E-state index in [0.717, 1.165) is 37.1 Å². The van der Waals surface area contributed by atoms with Crippen LogP contribution in [0.25, 0.3) is 5.65 Å². The minimum absolute atomic E-state index is 0.107. The Labute approximate surface area is 124 Å². The molecule has 4 heterocycles. The van der Waals surface area contributed by atoms with E-state index in [9.17, 15) is 13.2 Å². The smallest absolute Gasteiger partial charge is 0.352 e.